The number of urea groups is 1. The van der Waals surface area contributed by atoms with Crippen LogP contribution in [0.25, 0.3) is 5.69 Å². The van der Waals surface area contributed by atoms with Crippen molar-refractivity contribution in [2.45, 2.75) is 65.1 Å². The van der Waals surface area contributed by atoms with Gasteiger partial charge in [0.05, 0.1) is 5.69 Å². The number of rotatable bonds is 10. The van der Waals surface area contributed by atoms with Crippen LogP contribution in [0, 0.1) is 5.92 Å². The molecule has 1 unspecified atom stereocenters. The molecule has 2 aliphatic heterocycles. The molecule has 0 bridgehead atoms. The number of anilines is 1. The molecule has 49 heavy (non-hydrogen) atoms. The summed E-state index contributed by atoms with van der Waals surface area (Å²) in [5.41, 5.74) is -1.81. The molecule has 1 aromatic carbocycles. The van der Waals surface area contributed by atoms with Gasteiger partial charge in [-0.15, -0.1) is 0 Å². The fourth-order valence-electron chi connectivity index (χ4n) is 5.68. The number of alkyl carbamates (subject to hydrolysis) is 1. The molecule has 4 rings (SSSR count). The number of benzene rings is 1. The molecule has 16 heteroatoms. The van der Waals surface area contributed by atoms with Crippen molar-refractivity contribution in [1.82, 2.24) is 34.9 Å². The van der Waals surface area contributed by atoms with Gasteiger partial charge in [-0.05, 0) is 90.8 Å². The third-order valence-electron chi connectivity index (χ3n) is 8.33. The van der Waals surface area contributed by atoms with E-state index in [0.717, 1.165) is 19.5 Å². The van der Waals surface area contributed by atoms with Crippen molar-refractivity contribution in [3.05, 3.63) is 47.0 Å². The Morgan fingerprint density at radius 1 is 0.980 bits per heavy atom. The highest BCUT2D eigenvalue weighted by atomic mass is 16.6. The van der Waals surface area contributed by atoms with Gasteiger partial charge in [0.25, 0.3) is 0 Å². The zero-order chi connectivity index (χ0) is 35.9. The molecule has 2 aliphatic rings. The minimum absolute atomic E-state index is 0.0928. The van der Waals surface area contributed by atoms with Crippen LogP contribution in [0.2, 0.25) is 0 Å². The first-order valence-corrected chi connectivity index (χ1v) is 16.4. The first-order valence-electron chi connectivity index (χ1n) is 16.4. The number of carboxylic acid groups (broad SMARTS) is 1. The second kappa shape index (κ2) is 15.6. The summed E-state index contributed by atoms with van der Waals surface area (Å²) in [5.74, 6) is 0.719. The Morgan fingerprint density at radius 3 is 2.24 bits per heavy atom. The zero-order valence-corrected chi connectivity index (χ0v) is 29.0. The van der Waals surface area contributed by atoms with Crippen LogP contribution in [-0.4, -0.2) is 123 Å². The van der Waals surface area contributed by atoms with E-state index in [1.807, 2.05) is 20.8 Å². The van der Waals surface area contributed by atoms with Crippen molar-refractivity contribution in [1.29, 1.82) is 0 Å². The van der Waals surface area contributed by atoms with Gasteiger partial charge >= 0.3 is 23.9 Å². The van der Waals surface area contributed by atoms with Gasteiger partial charge in [0.15, 0.2) is 0 Å². The number of nitrogens with zero attached hydrogens (tertiary/aromatic N) is 5. The number of nitrogens with one attached hydrogen (secondary N) is 3. The molecule has 268 valence electrons. The average molecular weight is 685 g/mol. The molecule has 5 amide bonds. The summed E-state index contributed by atoms with van der Waals surface area (Å²) in [6, 6.07) is 8.30. The van der Waals surface area contributed by atoms with Crippen LogP contribution < -0.4 is 26.4 Å². The number of amides is 5. The van der Waals surface area contributed by atoms with E-state index in [1.54, 1.807) is 24.3 Å². The number of ether oxygens (including phenoxy) is 2. The van der Waals surface area contributed by atoms with Gasteiger partial charge in [-0.3, -0.25) is 19.6 Å². The number of likely N-dealkylation sites (tertiary alicyclic amines) is 1. The fraction of sp³-hybridized carbons (Fsp3) is 0.576. The molecular formula is C33H48N8O8. The van der Waals surface area contributed by atoms with E-state index >= 15 is 0 Å². The van der Waals surface area contributed by atoms with Crippen LogP contribution in [-0.2, 0) is 9.53 Å². The van der Waals surface area contributed by atoms with Crippen molar-refractivity contribution in [3.8, 4) is 11.4 Å². The van der Waals surface area contributed by atoms with E-state index < -0.39 is 35.0 Å². The number of piperazine rings is 1. The Hall–Kier alpha value is -4.86. The zero-order valence-electron chi connectivity index (χ0n) is 29.0. The van der Waals surface area contributed by atoms with Crippen molar-refractivity contribution >= 4 is 29.9 Å². The molecule has 2 aromatic rings. The number of hydrogen-bond donors (Lipinski definition) is 4. The molecule has 16 nitrogen and oxygen atoms in total. The van der Waals surface area contributed by atoms with Crippen molar-refractivity contribution < 1.29 is 33.8 Å². The van der Waals surface area contributed by atoms with Gasteiger partial charge in [0.1, 0.15) is 29.3 Å². The molecule has 2 saturated heterocycles. The Morgan fingerprint density at radius 2 is 1.63 bits per heavy atom. The summed E-state index contributed by atoms with van der Waals surface area (Å²) in [4.78, 5) is 70.7. The minimum atomic E-state index is -1.29. The molecule has 3 heterocycles. The predicted octanol–water partition coefficient (Wildman–Crippen LogP) is 2.57. The molecule has 0 spiro atoms. The highest BCUT2D eigenvalue weighted by Crippen LogP contribution is 2.21. The summed E-state index contributed by atoms with van der Waals surface area (Å²) in [7, 11) is 0. The summed E-state index contributed by atoms with van der Waals surface area (Å²) >= 11 is 0. The SMILES string of the molecule is CC(COc1ccc(-n2ccc(NC(=O)N3CCN(C(=O)C(C)(C)NC(=O)O)CC3)nc2=O)cc1)N1CC[C@@H](CNC(=O)OC(C)(C)C)C1. The van der Waals surface area contributed by atoms with E-state index in [2.05, 4.69) is 32.8 Å². The largest absolute Gasteiger partial charge is 0.492 e. The highest BCUT2D eigenvalue weighted by Gasteiger charge is 2.36. The summed E-state index contributed by atoms with van der Waals surface area (Å²) in [5, 5.41) is 16.7. The molecule has 1 aromatic heterocycles. The van der Waals surface area contributed by atoms with Crippen LogP contribution in [0.1, 0.15) is 48.0 Å². The second-order valence-electron chi connectivity index (χ2n) is 13.9. The Balaban J connectivity index is 1.22. The van der Waals surface area contributed by atoms with E-state index in [4.69, 9.17) is 14.6 Å². The third kappa shape index (κ3) is 10.6. The molecule has 0 saturated carbocycles. The monoisotopic (exact) mass is 684 g/mol. The van der Waals surface area contributed by atoms with Crippen LogP contribution in [0.4, 0.5) is 20.2 Å². The minimum Gasteiger partial charge on any atom is -0.492 e. The molecule has 0 radical (unpaired) electrons. The Kier molecular flexibility index (Phi) is 11.7. The second-order valence-corrected chi connectivity index (χ2v) is 13.9. The number of carbonyl (C=O) groups excluding carboxylic acids is 3. The lowest BCUT2D eigenvalue weighted by molar-refractivity contribution is -0.138. The van der Waals surface area contributed by atoms with Crippen LogP contribution in [0.3, 0.4) is 0 Å². The topological polar surface area (TPSA) is 188 Å². The maximum absolute atomic E-state index is 12.8. The van der Waals surface area contributed by atoms with Crippen LogP contribution in [0.15, 0.2) is 41.3 Å². The van der Waals surface area contributed by atoms with E-state index in [1.165, 1.54) is 40.5 Å². The number of carbonyl (C=O) groups is 4. The van der Waals surface area contributed by atoms with Crippen molar-refractivity contribution in [2.24, 2.45) is 5.92 Å². The standard InChI is InChI=1S/C33H48N8O8/c1-22(40-13-11-23(20-40)19-34-31(47)49-32(2,3)4)21-48-25-9-7-24(8-10-25)41-14-12-26(36-29(41)44)35-28(43)39-17-15-38(16-18-39)27(42)33(5,6)37-30(45)46/h7-10,12,14,22-23,37H,11,13,15-21H2,1-6H3,(H,34,47)(H,45,46)(H,35,36,43,44)/t22?,23-/m0/s1. The first-order chi connectivity index (χ1) is 23.0. The quantitative estimate of drug-likeness (QED) is 0.290. The molecule has 2 fully saturated rings. The van der Waals surface area contributed by atoms with Gasteiger partial charge in [-0.1, -0.05) is 0 Å². The lowest BCUT2D eigenvalue weighted by Crippen LogP contribution is -2.60. The number of hydrogen-bond acceptors (Lipinski definition) is 9. The highest BCUT2D eigenvalue weighted by molar-refractivity contribution is 5.90. The summed E-state index contributed by atoms with van der Waals surface area (Å²) in [6.45, 7) is 14.4. The maximum Gasteiger partial charge on any atom is 0.407 e. The average Bonchev–Trinajstić information content (AvgIpc) is 3.51. The van der Waals surface area contributed by atoms with Gasteiger partial charge in [0, 0.05) is 51.5 Å². The van der Waals surface area contributed by atoms with Gasteiger partial charge in [-0.25, -0.2) is 19.2 Å². The van der Waals surface area contributed by atoms with Crippen molar-refractivity contribution in [2.75, 3.05) is 57.7 Å². The normalized spacial score (nSPS) is 17.6. The first kappa shape index (κ1) is 37.0. The smallest absolute Gasteiger partial charge is 0.407 e. The van der Waals surface area contributed by atoms with Gasteiger partial charge in [-0.2, -0.15) is 4.98 Å². The fourth-order valence-corrected chi connectivity index (χ4v) is 5.68. The lowest BCUT2D eigenvalue weighted by Gasteiger charge is -2.38. The molecule has 2 atom stereocenters. The van der Waals surface area contributed by atoms with E-state index in [0.29, 0.717) is 30.5 Å². The van der Waals surface area contributed by atoms with Crippen molar-refractivity contribution in [3.63, 3.8) is 0 Å². The number of aromatic nitrogens is 2. The summed E-state index contributed by atoms with van der Waals surface area (Å²) in [6.07, 6.45) is 0.814. The Bertz CT molecular complexity index is 1550. The summed E-state index contributed by atoms with van der Waals surface area (Å²) < 4.78 is 12.7. The lowest BCUT2D eigenvalue weighted by atomic mass is 10.0. The molecular weight excluding hydrogens is 636 g/mol. The van der Waals surface area contributed by atoms with Crippen LogP contribution >= 0.6 is 0 Å². The van der Waals surface area contributed by atoms with Gasteiger partial charge < -0.3 is 35.0 Å². The van der Waals surface area contributed by atoms with E-state index in [-0.39, 0.29) is 43.9 Å². The van der Waals surface area contributed by atoms with Crippen LogP contribution in [0.5, 0.6) is 5.75 Å². The predicted molar refractivity (Wildman–Crippen MR) is 181 cm³/mol. The Labute approximate surface area is 285 Å². The third-order valence-corrected chi connectivity index (χ3v) is 8.33. The van der Waals surface area contributed by atoms with Gasteiger partial charge in [0.2, 0.25) is 5.91 Å². The molecule has 0 aliphatic carbocycles. The van der Waals surface area contributed by atoms with E-state index in [9.17, 15) is 24.0 Å². The maximum atomic E-state index is 12.8. The molecule has 4 N–H and O–H groups in total.